The van der Waals surface area contributed by atoms with E-state index in [4.69, 9.17) is 11.6 Å². The molecular weight excluding hydrogens is 382 g/mol. The molecule has 0 aliphatic rings. The quantitative estimate of drug-likeness (QED) is 0.421. The fraction of sp³-hybridized carbons (Fsp3) is 0.188. The summed E-state index contributed by atoms with van der Waals surface area (Å²) in [6.07, 6.45) is 0.977. The normalized spacial score (nSPS) is 11.0. The third-order valence-electron chi connectivity index (χ3n) is 3.41. The third-order valence-corrected chi connectivity index (χ3v) is 4.75. The van der Waals surface area contributed by atoms with E-state index in [0.717, 1.165) is 12.3 Å². The number of amides is 1. The largest absolute Gasteiger partial charge is 0.378 e. The molecule has 1 amide bonds. The highest BCUT2D eigenvalue weighted by molar-refractivity contribution is 7.90. The average molecular weight is 398 g/mol. The molecule has 2 aromatic rings. The van der Waals surface area contributed by atoms with Gasteiger partial charge in [0.15, 0.2) is 9.84 Å². The van der Waals surface area contributed by atoms with Crippen LogP contribution in [0, 0.1) is 10.1 Å². The second kappa shape index (κ2) is 8.15. The van der Waals surface area contributed by atoms with Crippen LogP contribution in [0.2, 0.25) is 5.02 Å². The second-order valence-electron chi connectivity index (χ2n) is 5.40. The molecule has 26 heavy (non-hydrogen) atoms. The highest BCUT2D eigenvalue weighted by atomic mass is 35.5. The second-order valence-corrected chi connectivity index (χ2v) is 7.85. The van der Waals surface area contributed by atoms with Gasteiger partial charge in [0.1, 0.15) is 5.69 Å². The van der Waals surface area contributed by atoms with Gasteiger partial charge in [0.25, 0.3) is 11.6 Å². The van der Waals surface area contributed by atoms with Crippen molar-refractivity contribution in [3.63, 3.8) is 0 Å². The summed E-state index contributed by atoms with van der Waals surface area (Å²) in [7, 11) is -3.55. The Balaban J connectivity index is 1.99. The number of anilines is 1. The number of hydrogen-bond acceptors (Lipinski definition) is 6. The first-order valence-electron chi connectivity index (χ1n) is 7.44. The molecule has 0 atom stereocenters. The molecular formula is C16H16ClN3O5S. The van der Waals surface area contributed by atoms with Crippen LogP contribution in [0.1, 0.15) is 10.4 Å². The summed E-state index contributed by atoms with van der Waals surface area (Å²) in [6.45, 7) is 0.418. The van der Waals surface area contributed by atoms with E-state index in [9.17, 15) is 23.3 Å². The zero-order valence-corrected chi connectivity index (χ0v) is 15.3. The summed E-state index contributed by atoms with van der Waals surface area (Å²) >= 11 is 5.82. The van der Waals surface area contributed by atoms with Gasteiger partial charge in [-0.2, -0.15) is 0 Å². The summed E-state index contributed by atoms with van der Waals surface area (Å²) in [6, 6.07) is 10.1. The monoisotopic (exact) mass is 397 g/mol. The lowest BCUT2D eigenvalue weighted by Gasteiger charge is -2.09. The minimum Gasteiger partial charge on any atom is -0.378 e. The Morgan fingerprint density at radius 2 is 1.92 bits per heavy atom. The van der Waals surface area contributed by atoms with Gasteiger partial charge in [-0.05, 0) is 30.3 Å². The molecule has 0 aliphatic heterocycles. The van der Waals surface area contributed by atoms with E-state index in [1.165, 1.54) is 18.2 Å². The fourth-order valence-electron chi connectivity index (χ4n) is 2.15. The number of carbonyl (C=O) groups is 1. The zero-order valence-electron chi connectivity index (χ0n) is 13.7. The van der Waals surface area contributed by atoms with Crippen molar-refractivity contribution in [1.82, 2.24) is 5.32 Å². The fourth-order valence-corrected chi connectivity index (χ4v) is 2.98. The van der Waals surface area contributed by atoms with Crippen molar-refractivity contribution in [3.8, 4) is 0 Å². The summed E-state index contributed by atoms with van der Waals surface area (Å²) in [4.78, 5) is 22.3. The van der Waals surface area contributed by atoms with Crippen molar-refractivity contribution in [2.45, 2.75) is 4.90 Å². The molecule has 0 aromatic heterocycles. The number of rotatable bonds is 7. The topological polar surface area (TPSA) is 118 Å². The highest BCUT2D eigenvalue weighted by Gasteiger charge is 2.18. The Labute approximate surface area is 155 Å². The van der Waals surface area contributed by atoms with Gasteiger partial charge in [0, 0.05) is 36.0 Å². The third kappa shape index (κ3) is 5.17. The van der Waals surface area contributed by atoms with Crippen molar-refractivity contribution in [2.75, 3.05) is 24.7 Å². The molecule has 0 spiro atoms. The van der Waals surface area contributed by atoms with E-state index < -0.39 is 14.8 Å². The maximum absolute atomic E-state index is 12.0. The number of nitro groups is 1. The number of nitro benzene ring substituents is 1. The van der Waals surface area contributed by atoms with Crippen molar-refractivity contribution in [1.29, 1.82) is 0 Å². The van der Waals surface area contributed by atoms with Crippen LogP contribution >= 0.6 is 11.6 Å². The predicted molar refractivity (Wildman–Crippen MR) is 98.5 cm³/mol. The summed E-state index contributed by atoms with van der Waals surface area (Å²) in [5.41, 5.74) is 0.217. The van der Waals surface area contributed by atoms with Gasteiger partial charge in [0.05, 0.1) is 9.82 Å². The standard InChI is InChI=1S/C16H16ClN3O5S/c1-26(24,25)13-5-6-14(15(10-13)20(22)23)18-7-8-19-16(21)11-3-2-4-12(17)9-11/h2-6,9-10,18H,7-8H2,1H3,(H,19,21). The van der Waals surface area contributed by atoms with E-state index in [1.54, 1.807) is 18.2 Å². The van der Waals surface area contributed by atoms with E-state index in [-0.39, 0.29) is 35.3 Å². The molecule has 0 radical (unpaired) electrons. The highest BCUT2D eigenvalue weighted by Crippen LogP contribution is 2.27. The van der Waals surface area contributed by atoms with Crippen LogP contribution in [0.5, 0.6) is 0 Å². The Morgan fingerprint density at radius 3 is 2.54 bits per heavy atom. The number of nitrogens with one attached hydrogen (secondary N) is 2. The minimum absolute atomic E-state index is 0.135. The average Bonchev–Trinajstić information content (AvgIpc) is 2.57. The number of sulfone groups is 1. The van der Waals surface area contributed by atoms with Crippen LogP contribution in [-0.2, 0) is 9.84 Å². The smallest absolute Gasteiger partial charge is 0.293 e. The van der Waals surface area contributed by atoms with Gasteiger partial charge in [0.2, 0.25) is 0 Å². The van der Waals surface area contributed by atoms with E-state index in [2.05, 4.69) is 10.6 Å². The number of benzene rings is 2. The van der Waals surface area contributed by atoms with Crippen LogP contribution < -0.4 is 10.6 Å². The van der Waals surface area contributed by atoms with Gasteiger partial charge in [-0.3, -0.25) is 14.9 Å². The lowest BCUT2D eigenvalue weighted by atomic mass is 10.2. The summed E-state index contributed by atoms with van der Waals surface area (Å²) < 4.78 is 23.0. The van der Waals surface area contributed by atoms with E-state index in [1.807, 2.05) is 0 Å². The molecule has 0 saturated heterocycles. The molecule has 8 nitrogen and oxygen atoms in total. The first-order valence-corrected chi connectivity index (χ1v) is 9.71. The molecule has 0 fully saturated rings. The van der Waals surface area contributed by atoms with Crippen LogP contribution in [-0.4, -0.2) is 38.6 Å². The summed E-state index contributed by atoms with van der Waals surface area (Å²) in [5.74, 6) is -0.323. The SMILES string of the molecule is CS(=O)(=O)c1ccc(NCCNC(=O)c2cccc(Cl)c2)c([N+](=O)[O-])c1. The van der Waals surface area contributed by atoms with E-state index >= 15 is 0 Å². The van der Waals surface area contributed by atoms with E-state index in [0.29, 0.717) is 10.6 Å². The Kier molecular flexibility index (Phi) is 6.17. The van der Waals surface area contributed by atoms with Crippen molar-refractivity contribution < 1.29 is 18.1 Å². The zero-order chi connectivity index (χ0) is 19.3. The number of carbonyl (C=O) groups excluding carboxylic acids is 1. The maximum atomic E-state index is 12.0. The van der Waals surface area contributed by atoms with Gasteiger partial charge in [-0.25, -0.2) is 8.42 Å². The van der Waals surface area contributed by atoms with Crippen LogP contribution in [0.4, 0.5) is 11.4 Å². The van der Waals surface area contributed by atoms with Crippen molar-refractivity contribution in [2.24, 2.45) is 0 Å². The number of halogens is 1. The van der Waals surface area contributed by atoms with Crippen LogP contribution in [0.25, 0.3) is 0 Å². The van der Waals surface area contributed by atoms with Gasteiger partial charge in [-0.15, -0.1) is 0 Å². The molecule has 0 aliphatic carbocycles. The van der Waals surface area contributed by atoms with Crippen molar-refractivity contribution >= 4 is 38.7 Å². The Hall–Kier alpha value is -2.65. The molecule has 0 heterocycles. The predicted octanol–water partition coefficient (Wildman–Crippen LogP) is 2.49. The minimum atomic E-state index is -3.55. The van der Waals surface area contributed by atoms with Gasteiger partial charge in [-0.1, -0.05) is 17.7 Å². The van der Waals surface area contributed by atoms with Gasteiger partial charge >= 0.3 is 0 Å². The number of nitrogens with zero attached hydrogens (tertiary/aromatic N) is 1. The molecule has 0 bridgehead atoms. The molecule has 0 saturated carbocycles. The lowest BCUT2D eigenvalue weighted by Crippen LogP contribution is -2.28. The first kappa shape index (κ1) is 19.7. The molecule has 2 aromatic carbocycles. The molecule has 10 heteroatoms. The molecule has 2 rings (SSSR count). The molecule has 2 N–H and O–H groups in total. The maximum Gasteiger partial charge on any atom is 0.293 e. The Bertz CT molecular complexity index is 947. The van der Waals surface area contributed by atoms with Crippen LogP contribution in [0.15, 0.2) is 47.4 Å². The number of hydrogen-bond donors (Lipinski definition) is 2. The van der Waals surface area contributed by atoms with Crippen LogP contribution in [0.3, 0.4) is 0 Å². The van der Waals surface area contributed by atoms with Crippen molar-refractivity contribution in [3.05, 3.63) is 63.2 Å². The Morgan fingerprint density at radius 1 is 1.19 bits per heavy atom. The van der Waals surface area contributed by atoms with Gasteiger partial charge < -0.3 is 10.6 Å². The summed E-state index contributed by atoms with van der Waals surface area (Å²) in [5, 5.41) is 17.1. The molecule has 0 unspecified atom stereocenters. The lowest BCUT2D eigenvalue weighted by molar-refractivity contribution is -0.384. The molecule has 138 valence electrons. The first-order chi connectivity index (χ1) is 12.2.